The van der Waals surface area contributed by atoms with Crippen molar-refractivity contribution in [3.05, 3.63) is 88.1 Å². The summed E-state index contributed by atoms with van der Waals surface area (Å²) in [6.07, 6.45) is 5.80. The number of likely N-dealkylation sites (N-methyl/N-ethyl adjacent to an activating group) is 1. The first-order valence-electron chi connectivity index (χ1n) is 32.0. The zero-order valence-electron chi connectivity index (χ0n) is 55.6. The number of allylic oxidation sites excluding steroid dienone is 3. The van der Waals surface area contributed by atoms with Gasteiger partial charge in [0.15, 0.2) is 5.78 Å². The predicted molar refractivity (Wildman–Crippen MR) is 347 cm³/mol. The number of esters is 3. The molecule has 11 atom stereocenters. The second-order valence-corrected chi connectivity index (χ2v) is 25.9. The van der Waals surface area contributed by atoms with E-state index in [0.717, 1.165) is 11.1 Å². The number of pyridine rings is 1. The maximum Gasteiger partial charge on any atom is 0.328 e. The van der Waals surface area contributed by atoms with Crippen molar-refractivity contribution in [2.45, 2.75) is 206 Å². The molecule has 2 fully saturated rings. The average molecular weight is 1300 g/mol. The molecule has 0 aliphatic carbocycles. The number of hydrogen-bond donors (Lipinski definition) is 4. The van der Waals surface area contributed by atoms with E-state index in [9.17, 15) is 48.3 Å². The Kier molecular flexibility index (Phi) is 26.5. The molecule has 0 spiro atoms. The number of rotatable bonds is 27. The second kappa shape index (κ2) is 33.0. The molecule has 1 aromatic heterocycles. The van der Waals surface area contributed by atoms with Crippen molar-refractivity contribution in [2.24, 2.45) is 29.4 Å². The SMILES string of the molecule is CCC(CC)C(=O)OC(C)CCCCC(=O)C[C@H](C(=O)N[C@@H](CCCNC(N)=O)C(=O)Cc1ccc(C(=O)N(C)[C@@H](C)C(=O)O[C@H]2CC(=O)N(C)c3cc(cc(OC)c3Cl)C/C(C)=C/C=C/[C@@H](OC)[C@]3(O)CC(=O)O[C@@H](C3)[C@@H](C)[C@@H]3O[C@@]23C)c2cccnc12)C(C)C. The molecule has 504 valence electrons. The van der Waals surface area contributed by atoms with Crippen LogP contribution in [0.15, 0.2) is 66.4 Å². The number of carbonyl (C=O) groups excluding carboxylic acids is 9. The number of ether oxygens (including phenoxy) is 6. The summed E-state index contributed by atoms with van der Waals surface area (Å²) in [6, 6.07) is 6.85. The Morgan fingerprint density at radius 1 is 0.989 bits per heavy atom. The van der Waals surface area contributed by atoms with Crippen molar-refractivity contribution in [1.29, 1.82) is 0 Å². The summed E-state index contributed by atoms with van der Waals surface area (Å²) in [5, 5.41) is 18.0. The Bertz CT molecular complexity index is 3240. The molecule has 23 heteroatoms. The number of hydrogen-bond acceptors (Lipinski definition) is 17. The monoisotopic (exact) mass is 1300 g/mol. The Morgan fingerprint density at radius 2 is 1.71 bits per heavy atom. The van der Waals surface area contributed by atoms with Gasteiger partial charge in [-0.3, -0.25) is 38.5 Å². The highest BCUT2D eigenvalue weighted by Crippen LogP contribution is 2.50. The molecule has 6 rings (SSSR count). The van der Waals surface area contributed by atoms with Gasteiger partial charge >= 0.3 is 23.9 Å². The number of primary amides is 1. The third-order valence-corrected chi connectivity index (χ3v) is 18.8. The summed E-state index contributed by atoms with van der Waals surface area (Å²) in [4.78, 5) is 130. The number of anilines is 1. The number of urea groups is 1. The first-order valence-corrected chi connectivity index (χ1v) is 32.4. The highest BCUT2D eigenvalue weighted by Gasteiger charge is 2.64. The van der Waals surface area contributed by atoms with Gasteiger partial charge < -0.3 is 59.7 Å². The highest BCUT2D eigenvalue weighted by atomic mass is 35.5. The molecule has 92 heavy (non-hydrogen) atoms. The number of aromatic nitrogens is 1. The van der Waals surface area contributed by atoms with Crippen molar-refractivity contribution < 1.29 is 76.7 Å². The van der Waals surface area contributed by atoms with Crippen LogP contribution < -0.4 is 26.0 Å². The van der Waals surface area contributed by atoms with Gasteiger partial charge in [-0.25, -0.2) is 9.59 Å². The summed E-state index contributed by atoms with van der Waals surface area (Å²) in [7, 11) is 5.88. The predicted octanol–water partition coefficient (Wildman–Crippen LogP) is 8.83. The highest BCUT2D eigenvalue weighted by molar-refractivity contribution is 6.35. The fourth-order valence-electron chi connectivity index (χ4n) is 12.3. The lowest BCUT2D eigenvalue weighted by Crippen LogP contribution is -2.53. The molecular formula is C69H95ClN6O16. The van der Waals surface area contributed by atoms with Crippen LogP contribution in [-0.2, 0) is 70.1 Å². The van der Waals surface area contributed by atoms with E-state index in [4.69, 9.17) is 45.8 Å². The number of Topliss-reactive ketones (excluding diaryl/α,β-unsaturated/α-hetero) is 2. The molecule has 5 amide bonds. The van der Waals surface area contributed by atoms with Crippen molar-refractivity contribution in [1.82, 2.24) is 20.5 Å². The molecule has 0 radical (unpaired) electrons. The number of methoxy groups -OCH3 is 2. The van der Waals surface area contributed by atoms with E-state index in [-0.39, 0.29) is 91.8 Å². The van der Waals surface area contributed by atoms with Crippen LogP contribution in [0, 0.1) is 23.7 Å². The number of amides is 5. The number of carbonyl (C=O) groups is 9. The number of unbranched alkanes of at least 4 members (excludes halogenated alkanes) is 1. The molecule has 2 aromatic carbocycles. The fraction of sp³-hybridized carbons (Fsp3) is 0.594. The van der Waals surface area contributed by atoms with E-state index in [1.54, 1.807) is 63.4 Å². The standard InChI is InChI=1S/C69H95ClN6O16/c1-14-45(15-2)66(84)89-41(6)22-16-17-23-47(77)35-50(39(3)4)63(81)74-51(25-20-30-73-67(71)85)53(78)34-46-27-28-49(48-24-19-29-72-61(46)48)64(82)75(10)43(8)65(83)91-57-36-58(79)76(11)52-32-44(33-54(87-12)60(52)70)31-40(5)21-18-26-56(88-13)69(86)37-55(90-59(80)38-69)42(7)62-68(57,9)92-62/h18-19,21,24,26-29,32-33,39,41-43,45,50-51,55-57,62,86H,14-17,20,22-23,25,30-31,34-38H2,1-13H3,(H,74,81)(H3,71,73,85)/b26-18+,40-21+/t41?,42-,43+,50+,51+,55+,56-,57+,62+,68+,69-/m1/s1. The van der Waals surface area contributed by atoms with Gasteiger partial charge in [0, 0.05) is 82.4 Å². The molecule has 3 aromatic rings. The maximum absolute atomic E-state index is 14.7. The van der Waals surface area contributed by atoms with Gasteiger partial charge in [0.05, 0.1) is 55.3 Å². The minimum Gasteiger partial charge on any atom is -0.495 e. The fourth-order valence-corrected chi connectivity index (χ4v) is 12.6. The molecule has 4 heterocycles. The van der Waals surface area contributed by atoms with E-state index in [2.05, 4.69) is 15.6 Å². The molecular weight excluding hydrogens is 1200 g/mol. The number of aliphatic hydroxyl groups is 1. The Hall–Kier alpha value is -7.27. The third kappa shape index (κ3) is 18.7. The largest absolute Gasteiger partial charge is 0.495 e. The number of fused-ring (bicyclic) bond motifs is 6. The minimum atomic E-state index is -1.67. The van der Waals surface area contributed by atoms with Crippen molar-refractivity contribution >= 4 is 81.4 Å². The first kappa shape index (κ1) is 73.8. The van der Waals surface area contributed by atoms with Gasteiger partial charge in [0.1, 0.15) is 52.1 Å². The Labute approximate surface area is 545 Å². The molecule has 1 unspecified atom stereocenters. The van der Waals surface area contributed by atoms with Crippen LogP contribution in [0.25, 0.3) is 10.9 Å². The van der Waals surface area contributed by atoms with Crippen LogP contribution in [0.5, 0.6) is 5.75 Å². The van der Waals surface area contributed by atoms with E-state index in [0.29, 0.717) is 66.4 Å². The van der Waals surface area contributed by atoms with Crippen LogP contribution in [0.4, 0.5) is 10.5 Å². The maximum atomic E-state index is 14.7. The smallest absolute Gasteiger partial charge is 0.328 e. The summed E-state index contributed by atoms with van der Waals surface area (Å²) in [6.45, 7) is 16.4. The minimum absolute atomic E-state index is 0.0210. The molecule has 22 nitrogen and oxygen atoms in total. The van der Waals surface area contributed by atoms with Gasteiger partial charge in [0.25, 0.3) is 5.91 Å². The van der Waals surface area contributed by atoms with Gasteiger partial charge in [-0.1, -0.05) is 82.2 Å². The zero-order valence-corrected chi connectivity index (χ0v) is 56.4. The molecule has 5 N–H and O–H groups in total. The van der Waals surface area contributed by atoms with Crippen LogP contribution >= 0.6 is 11.6 Å². The number of epoxide rings is 1. The number of benzene rings is 2. The normalized spacial score (nSPS) is 24.0. The lowest BCUT2D eigenvalue weighted by atomic mass is 9.78. The third-order valence-electron chi connectivity index (χ3n) is 18.4. The first-order chi connectivity index (χ1) is 43.5. The van der Waals surface area contributed by atoms with E-state index >= 15 is 0 Å². The van der Waals surface area contributed by atoms with Gasteiger partial charge in [0.2, 0.25) is 11.8 Å². The number of nitrogens with two attached hydrogens (primary N) is 1. The average Bonchev–Trinajstić information content (AvgIpc) is 1.56. The quantitative estimate of drug-likeness (QED) is 0.0240. The molecule has 2 saturated heterocycles. The van der Waals surface area contributed by atoms with Crippen molar-refractivity contribution in [3.8, 4) is 5.75 Å². The summed E-state index contributed by atoms with van der Waals surface area (Å²) >= 11 is 6.90. The molecule has 3 aliphatic heterocycles. The van der Waals surface area contributed by atoms with Gasteiger partial charge in [-0.05, 0) is 120 Å². The summed E-state index contributed by atoms with van der Waals surface area (Å²) < 4.78 is 35.6. The van der Waals surface area contributed by atoms with Crippen molar-refractivity contribution in [2.75, 3.05) is 39.8 Å². The van der Waals surface area contributed by atoms with Crippen LogP contribution in [0.2, 0.25) is 5.02 Å². The molecule has 0 saturated carbocycles. The topological polar surface area (TPSA) is 302 Å². The zero-order chi connectivity index (χ0) is 67.9. The number of ketones is 2. The van der Waals surface area contributed by atoms with E-state index in [1.165, 1.54) is 50.3 Å². The lowest BCUT2D eigenvalue weighted by Gasteiger charge is -2.41. The van der Waals surface area contributed by atoms with E-state index < -0.39 is 107 Å². The Morgan fingerprint density at radius 3 is 2.37 bits per heavy atom. The summed E-state index contributed by atoms with van der Waals surface area (Å²) in [5.74, 6) is -5.31. The molecule has 3 aliphatic rings. The number of nitrogens with zero attached hydrogens (tertiary/aromatic N) is 3. The van der Waals surface area contributed by atoms with Crippen LogP contribution in [0.1, 0.15) is 161 Å². The Balaban J connectivity index is 1.21. The van der Waals surface area contributed by atoms with Crippen LogP contribution in [0.3, 0.4) is 0 Å². The van der Waals surface area contributed by atoms with Gasteiger partial charge in [-0.15, -0.1) is 0 Å². The second-order valence-electron chi connectivity index (χ2n) is 25.5. The van der Waals surface area contributed by atoms with Gasteiger partial charge in [-0.2, -0.15) is 0 Å². The van der Waals surface area contributed by atoms with Crippen molar-refractivity contribution in [3.63, 3.8) is 0 Å². The molecule has 4 bridgehead atoms. The summed E-state index contributed by atoms with van der Waals surface area (Å²) in [5.41, 5.74) is 5.15. The number of halogens is 1. The van der Waals surface area contributed by atoms with Crippen LogP contribution in [-0.4, -0.2) is 157 Å². The van der Waals surface area contributed by atoms with E-state index in [1.807, 2.05) is 47.6 Å². The number of nitrogens with one attached hydrogen (secondary N) is 2. The lowest BCUT2D eigenvalue weighted by molar-refractivity contribution is -0.187.